The number of nitro groups is 1. The lowest BCUT2D eigenvalue weighted by Crippen LogP contribution is -2.34. The van der Waals surface area contributed by atoms with Crippen molar-refractivity contribution in [2.24, 2.45) is 5.92 Å². The van der Waals surface area contributed by atoms with Crippen molar-refractivity contribution in [3.63, 3.8) is 0 Å². The van der Waals surface area contributed by atoms with Crippen LogP contribution >= 0.6 is 0 Å². The van der Waals surface area contributed by atoms with Gasteiger partial charge in [0.1, 0.15) is 6.33 Å². The molecule has 3 rings (SSSR count). The van der Waals surface area contributed by atoms with E-state index in [9.17, 15) is 10.1 Å². The lowest BCUT2D eigenvalue weighted by atomic mass is 9.99. The van der Waals surface area contributed by atoms with Crippen molar-refractivity contribution in [2.45, 2.75) is 38.7 Å². The maximum atomic E-state index is 11.6. The lowest BCUT2D eigenvalue weighted by molar-refractivity contribution is -0.383. The van der Waals surface area contributed by atoms with Crippen LogP contribution in [0.1, 0.15) is 32.6 Å². The second-order valence-electron chi connectivity index (χ2n) is 6.34. The third kappa shape index (κ3) is 3.69. The molecule has 1 aromatic heterocycles. The van der Waals surface area contributed by atoms with Crippen LogP contribution in [0.3, 0.4) is 0 Å². The molecule has 0 aromatic carbocycles. The summed E-state index contributed by atoms with van der Waals surface area (Å²) in [4.78, 5) is 21.5. The number of nitrogens with one attached hydrogen (secondary N) is 1. The van der Waals surface area contributed by atoms with Crippen LogP contribution in [0.25, 0.3) is 0 Å². The Morgan fingerprint density at radius 1 is 1.39 bits per heavy atom. The first-order valence-corrected chi connectivity index (χ1v) is 8.25. The molecule has 0 bridgehead atoms. The van der Waals surface area contributed by atoms with Gasteiger partial charge in [-0.1, -0.05) is 6.92 Å². The third-order valence-corrected chi connectivity index (χ3v) is 4.59. The van der Waals surface area contributed by atoms with Gasteiger partial charge in [0.25, 0.3) is 0 Å². The van der Waals surface area contributed by atoms with Crippen LogP contribution in [0.5, 0.6) is 0 Å². The molecule has 8 heteroatoms. The van der Waals surface area contributed by atoms with Crippen molar-refractivity contribution in [3.8, 4) is 0 Å². The number of ether oxygens (including phenoxy) is 1. The van der Waals surface area contributed by atoms with Gasteiger partial charge >= 0.3 is 5.69 Å². The van der Waals surface area contributed by atoms with Crippen molar-refractivity contribution in [1.82, 2.24) is 9.97 Å². The number of hydrogen-bond acceptors (Lipinski definition) is 7. The van der Waals surface area contributed by atoms with E-state index in [4.69, 9.17) is 4.74 Å². The zero-order chi connectivity index (χ0) is 16.2. The fourth-order valence-corrected chi connectivity index (χ4v) is 3.13. The zero-order valence-corrected chi connectivity index (χ0v) is 13.4. The monoisotopic (exact) mass is 321 g/mol. The summed E-state index contributed by atoms with van der Waals surface area (Å²) in [6.07, 6.45) is 5.57. The summed E-state index contributed by atoms with van der Waals surface area (Å²) in [5.74, 6) is 1.37. The highest BCUT2D eigenvalue weighted by molar-refractivity contribution is 5.70. The van der Waals surface area contributed by atoms with Crippen molar-refractivity contribution < 1.29 is 9.66 Å². The molecule has 0 amide bonds. The average molecular weight is 321 g/mol. The molecule has 0 radical (unpaired) electrons. The number of piperidine rings is 1. The van der Waals surface area contributed by atoms with Crippen LogP contribution in [-0.2, 0) is 4.74 Å². The molecule has 23 heavy (non-hydrogen) atoms. The van der Waals surface area contributed by atoms with E-state index in [0.717, 1.165) is 45.4 Å². The van der Waals surface area contributed by atoms with Gasteiger partial charge in [-0.2, -0.15) is 0 Å². The summed E-state index contributed by atoms with van der Waals surface area (Å²) in [6, 6.07) is 0. The Bertz CT molecular complexity index is 554. The molecule has 0 spiro atoms. The van der Waals surface area contributed by atoms with E-state index in [1.807, 2.05) is 4.90 Å². The smallest absolute Gasteiger partial charge is 0.353 e. The van der Waals surface area contributed by atoms with E-state index < -0.39 is 0 Å². The molecule has 1 aromatic rings. The van der Waals surface area contributed by atoms with Gasteiger partial charge in [-0.15, -0.1) is 0 Å². The minimum Gasteiger partial charge on any atom is -0.376 e. The van der Waals surface area contributed by atoms with Crippen molar-refractivity contribution >= 4 is 17.3 Å². The number of aromatic nitrogens is 2. The first-order valence-electron chi connectivity index (χ1n) is 8.25. The minimum absolute atomic E-state index is 0.0277. The second-order valence-corrected chi connectivity index (χ2v) is 6.34. The first kappa shape index (κ1) is 15.9. The Morgan fingerprint density at radius 2 is 2.17 bits per heavy atom. The molecule has 3 heterocycles. The maximum absolute atomic E-state index is 11.6. The van der Waals surface area contributed by atoms with Gasteiger partial charge in [0.05, 0.1) is 11.0 Å². The molecular weight excluding hydrogens is 298 g/mol. The van der Waals surface area contributed by atoms with Gasteiger partial charge in [0, 0.05) is 26.2 Å². The second kappa shape index (κ2) is 7.08. The quantitative estimate of drug-likeness (QED) is 0.656. The molecule has 1 N–H and O–H groups in total. The first-order chi connectivity index (χ1) is 11.1. The van der Waals surface area contributed by atoms with Gasteiger partial charge < -0.3 is 15.0 Å². The Balaban J connectivity index is 1.78. The van der Waals surface area contributed by atoms with E-state index in [1.165, 1.54) is 6.33 Å². The topological polar surface area (TPSA) is 93.4 Å². The third-order valence-electron chi connectivity index (χ3n) is 4.59. The van der Waals surface area contributed by atoms with E-state index in [2.05, 4.69) is 22.2 Å². The number of anilines is 2. The largest absolute Gasteiger partial charge is 0.376 e. The summed E-state index contributed by atoms with van der Waals surface area (Å²) in [5, 5.41) is 14.7. The Morgan fingerprint density at radius 3 is 2.83 bits per heavy atom. The van der Waals surface area contributed by atoms with Gasteiger partial charge in [-0.25, -0.2) is 9.97 Å². The number of nitrogens with zero attached hydrogens (tertiary/aromatic N) is 4. The van der Waals surface area contributed by atoms with E-state index in [1.54, 1.807) is 0 Å². The predicted molar refractivity (Wildman–Crippen MR) is 86.8 cm³/mol. The number of rotatable bonds is 5. The normalized spacial score (nSPS) is 22.3. The summed E-state index contributed by atoms with van der Waals surface area (Å²) in [6.45, 7) is 5.10. The highest BCUT2D eigenvalue weighted by atomic mass is 16.6. The molecular formula is C15H23N5O3. The number of hydrogen-bond donors (Lipinski definition) is 1. The Kier molecular flexibility index (Phi) is 4.90. The van der Waals surface area contributed by atoms with Crippen LogP contribution in [0.4, 0.5) is 17.3 Å². The molecule has 2 aliphatic heterocycles. The van der Waals surface area contributed by atoms with Gasteiger partial charge in [0.2, 0.25) is 11.6 Å². The van der Waals surface area contributed by atoms with E-state index in [-0.39, 0.29) is 22.5 Å². The minimum atomic E-state index is -0.384. The molecule has 8 nitrogen and oxygen atoms in total. The molecule has 0 saturated carbocycles. The van der Waals surface area contributed by atoms with Crippen molar-refractivity contribution in [1.29, 1.82) is 0 Å². The fraction of sp³-hybridized carbons (Fsp3) is 0.733. The Labute approximate surface area is 135 Å². The zero-order valence-electron chi connectivity index (χ0n) is 13.4. The lowest BCUT2D eigenvalue weighted by Gasteiger charge is -2.30. The molecule has 0 aliphatic carbocycles. The van der Waals surface area contributed by atoms with Crippen molar-refractivity contribution in [3.05, 3.63) is 16.4 Å². The average Bonchev–Trinajstić information content (AvgIpc) is 3.06. The van der Waals surface area contributed by atoms with Crippen LogP contribution in [0.15, 0.2) is 6.33 Å². The molecule has 2 saturated heterocycles. The summed E-state index contributed by atoms with van der Waals surface area (Å²) in [5.41, 5.74) is -0.0277. The molecule has 2 aliphatic rings. The van der Waals surface area contributed by atoms with E-state index in [0.29, 0.717) is 18.3 Å². The standard InChI is InChI=1S/C15H23N5O3/c1-11-4-6-19(7-5-11)15-13(20(21)22)14(17-10-18-15)16-9-12-3-2-8-23-12/h10-12H,2-9H2,1H3,(H,16,17,18). The SMILES string of the molecule is CC1CCN(c2ncnc(NCC3CCCO3)c2[N+](=O)[O-])CC1. The van der Waals surface area contributed by atoms with Crippen LogP contribution in [-0.4, -0.2) is 47.2 Å². The summed E-state index contributed by atoms with van der Waals surface area (Å²) >= 11 is 0. The van der Waals surface area contributed by atoms with Crippen molar-refractivity contribution in [2.75, 3.05) is 36.5 Å². The highest BCUT2D eigenvalue weighted by Crippen LogP contribution is 2.34. The van der Waals surface area contributed by atoms with Gasteiger partial charge in [-0.3, -0.25) is 10.1 Å². The molecule has 126 valence electrons. The fourth-order valence-electron chi connectivity index (χ4n) is 3.13. The predicted octanol–water partition coefficient (Wildman–Crippen LogP) is 2.21. The Hall–Kier alpha value is -1.96. The summed E-state index contributed by atoms with van der Waals surface area (Å²) < 4.78 is 5.55. The van der Waals surface area contributed by atoms with Crippen LogP contribution < -0.4 is 10.2 Å². The van der Waals surface area contributed by atoms with Crippen LogP contribution in [0.2, 0.25) is 0 Å². The summed E-state index contributed by atoms with van der Waals surface area (Å²) in [7, 11) is 0. The maximum Gasteiger partial charge on any atom is 0.353 e. The van der Waals surface area contributed by atoms with Crippen LogP contribution in [0, 0.1) is 16.0 Å². The molecule has 1 unspecified atom stereocenters. The van der Waals surface area contributed by atoms with Gasteiger partial charge in [-0.05, 0) is 31.6 Å². The highest BCUT2D eigenvalue weighted by Gasteiger charge is 2.29. The molecule has 1 atom stereocenters. The van der Waals surface area contributed by atoms with E-state index >= 15 is 0 Å². The molecule has 2 fully saturated rings. The van der Waals surface area contributed by atoms with Gasteiger partial charge in [0.15, 0.2) is 0 Å².